The summed E-state index contributed by atoms with van der Waals surface area (Å²) in [6, 6.07) is 24.6. The number of nitrogens with one attached hydrogen (secondary N) is 1. The lowest BCUT2D eigenvalue weighted by Gasteiger charge is -2.13. The zero-order valence-corrected chi connectivity index (χ0v) is 21.0. The number of nitrogens with zero attached hydrogens (tertiary/aromatic N) is 3. The number of benzene rings is 3. The molecule has 0 aliphatic heterocycles. The molecule has 0 bridgehead atoms. The van der Waals surface area contributed by atoms with Crippen LogP contribution >= 0.6 is 11.6 Å². The quantitative estimate of drug-likeness (QED) is 0.321. The van der Waals surface area contributed by atoms with E-state index in [1.54, 1.807) is 22.9 Å². The zero-order valence-electron chi connectivity index (χ0n) is 20.2. The maximum absolute atomic E-state index is 13.2. The van der Waals surface area contributed by atoms with Crippen LogP contribution in [0.4, 0.5) is 5.69 Å². The Labute approximate surface area is 213 Å². The van der Waals surface area contributed by atoms with Crippen LogP contribution in [-0.2, 0) is 11.3 Å². The molecular formula is C29H25ClN4O2. The number of pyridine rings is 1. The summed E-state index contributed by atoms with van der Waals surface area (Å²) in [6.45, 7) is 5.66. The molecule has 5 aromatic rings. The molecule has 0 aliphatic carbocycles. The van der Waals surface area contributed by atoms with E-state index in [0.717, 1.165) is 39.0 Å². The third-order valence-electron chi connectivity index (χ3n) is 6.17. The molecule has 1 N–H and O–H groups in total. The number of aromatic nitrogens is 3. The van der Waals surface area contributed by atoms with Crippen LogP contribution in [0.15, 0.2) is 83.7 Å². The Bertz CT molecular complexity index is 1670. The number of hydrogen-bond acceptors (Lipinski definition) is 3. The Morgan fingerprint density at radius 2 is 1.69 bits per heavy atom. The monoisotopic (exact) mass is 496 g/mol. The molecular weight excluding hydrogens is 472 g/mol. The molecule has 0 saturated carbocycles. The zero-order chi connectivity index (χ0) is 25.4. The summed E-state index contributed by atoms with van der Waals surface area (Å²) in [7, 11) is 0. The van der Waals surface area contributed by atoms with Gasteiger partial charge >= 0.3 is 0 Å². The van der Waals surface area contributed by atoms with Gasteiger partial charge in [-0.05, 0) is 62.2 Å². The third kappa shape index (κ3) is 4.43. The summed E-state index contributed by atoms with van der Waals surface area (Å²) in [5.74, 6) is -0.333. The van der Waals surface area contributed by atoms with Gasteiger partial charge in [0.25, 0.3) is 5.56 Å². The number of halogens is 1. The van der Waals surface area contributed by atoms with Gasteiger partial charge in [-0.15, -0.1) is 0 Å². The van der Waals surface area contributed by atoms with E-state index in [0.29, 0.717) is 16.4 Å². The van der Waals surface area contributed by atoms with Crippen molar-refractivity contribution in [1.29, 1.82) is 0 Å². The summed E-state index contributed by atoms with van der Waals surface area (Å²) in [5, 5.41) is 9.20. The molecule has 1 amide bonds. The van der Waals surface area contributed by atoms with Gasteiger partial charge in [0, 0.05) is 27.7 Å². The molecule has 0 aliphatic rings. The number of carbonyl (C=O) groups is 1. The highest BCUT2D eigenvalue weighted by molar-refractivity contribution is 6.31. The minimum Gasteiger partial charge on any atom is -0.324 e. The fraction of sp³-hybridized carbons (Fsp3) is 0.138. The van der Waals surface area contributed by atoms with Gasteiger partial charge in [-0.1, -0.05) is 59.6 Å². The number of rotatable bonds is 5. The molecule has 36 heavy (non-hydrogen) atoms. The predicted molar refractivity (Wildman–Crippen MR) is 145 cm³/mol. The van der Waals surface area contributed by atoms with Crippen molar-refractivity contribution in [1.82, 2.24) is 14.3 Å². The molecule has 3 aromatic carbocycles. The molecule has 0 fully saturated rings. The normalized spacial score (nSPS) is 11.1. The first-order valence-corrected chi connectivity index (χ1v) is 12.0. The molecule has 2 aromatic heterocycles. The van der Waals surface area contributed by atoms with Crippen LogP contribution in [0.2, 0.25) is 5.02 Å². The van der Waals surface area contributed by atoms with E-state index in [9.17, 15) is 9.59 Å². The number of aryl methyl sites for hydroxylation is 3. The first-order chi connectivity index (χ1) is 17.3. The van der Waals surface area contributed by atoms with Crippen molar-refractivity contribution in [3.8, 4) is 16.9 Å². The van der Waals surface area contributed by atoms with E-state index in [1.165, 1.54) is 4.57 Å². The van der Waals surface area contributed by atoms with Crippen molar-refractivity contribution in [3.05, 3.63) is 111 Å². The van der Waals surface area contributed by atoms with Crippen LogP contribution in [0, 0.1) is 20.8 Å². The van der Waals surface area contributed by atoms with Gasteiger partial charge in [-0.2, -0.15) is 5.10 Å². The minimum atomic E-state index is -0.333. The Kier molecular flexibility index (Phi) is 6.20. The molecule has 0 spiro atoms. The first kappa shape index (κ1) is 23.6. The van der Waals surface area contributed by atoms with Crippen LogP contribution in [0.3, 0.4) is 0 Å². The second-order valence-electron chi connectivity index (χ2n) is 8.93. The first-order valence-electron chi connectivity index (χ1n) is 11.6. The number of anilines is 1. The van der Waals surface area contributed by atoms with E-state index in [2.05, 4.69) is 11.4 Å². The van der Waals surface area contributed by atoms with Crippen molar-refractivity contribution in [2.45, 2.75) is 27.3 Å². The average Bonchev–Trinajstić information content (AvgIpc) is 3.26. The Balaban J connectivity index is 1.68. The number of carbonyl (C=O) groups excluding carboxylic acids is 1. The highest BCUT2D eigenvalue weighted by atomic mass is 35.5. The van der Waals surface area contributed by atoms with Crippen molar-refractivity contribution in [2.24, 2.45) is 0 Å². The third-order valence-corrected chi connectivity index (χ3v) is 6.57. The Morgan fingerprint density at radius 1 is 0.917 bits per heavy atom. The van der Waals surface area contributed by atoms with Gasteiger partial charge in [0.2, 0.25) is 5.91 Å². The van der Waals surface area contributed by atoms with Crippen LogP contribution in [0.25, 0.3) is 28.0 Å². The fourth-order valence-corrected chi connectivity index (χ4v) is 4.55. The fourth-order valence-electron chi connectivity index (χ4n) is 4.37. The minimum absolute atomic E-state index is 0.174. The van der Waals surface area contributed by atoms with Crippen LogP contribution < -0.4 is 10.9 Å². The van der Waals surface area contributed by atoms with Crippen molar-refractivity contribution in [2.75, 3.05) is 5.32 Å². The van der Waals surface area contributed by atoms with Crippen LogP contribution in [0.1, 0.15) is 16.7 Å². The van der Waals surface area contributed by atoms with Gasteiger partial charge in [0.15, 0.2) is 0 Å². The second kappa shape index (κ2) is 9.47. The topological polar surface area (TPSA) is 68.9 Å². The lowest BCUT2D eigenvalue weighted by atomic mass is 10.0. The van der Waals surface area contributed by atoms with E-state index < -0.39 is 0 Å². The van der Waals surface area contributed by atoms with Gasteiger partial charge in [0.1, 0.15) is 17.9 Å². The summed E-state index contributed by atoms with van der Waals surface area (Å²) in [6.07, 6.45) is 0. The van der Waals surface area contributed by atoms with Gasteiger partial charge < -0.3 is 5.32 Å². The maximum atomic E-state index is 13.2. The largest absolute Gasteiger partial charge is 0.324 e. The molecule has 7 heteroatoms. The van der Waals surface area contributed by atoms with Gasteiger partial charge in [-0.3, -0.25) is 14.2 Å². The Hall–Kier alpha value is -4.16. The number of amides is 1. The highest BCUT2D eigenvalue weighted by Crippen LogP contribution is 2.32. The van der Waals surface area contributed by atoms with E-state index in [-0.39, 0.29) is 18.0 Å². The summed E-state index contributed by atoms with van der Waals surface area (Å²) < 4.78 is 3.23. The van der Waals surface area contributed by atoms with Crippen LogP contribution in [-0.4, -0.2) is 20.3 Å². The lowest BCUT2D eigenvalue weighted by molar-refractivity contribution is -0.116. The number of hydrogen-bond donors (Lipinski definition) is 1. The standard InChI is InChI=1S/C29H25ClN4O2/c1-18-8-7-9-21(14-18)28-27-20(3)15-26(36)33(29(27)34(32-28)23-10-5-4-6-11-23)17-25(35)31-22-13-12-19(2)24(30)16-22/h4-16H,17H2,1-3H3,(H,31,35). The lowest BCUT2D eigenvalue weighted by Crippen LogP contribution is -2.29. The Morgan fingerprint density at radius 3 is 2.42 bits per heavy atom. The predicted octanol–water partition coefficient (Wildman–Crippen LogP) is 6.07. The maximum Gasteiger partial charge on any atom is 0.252 e. The average molecular weight is 497 g/mol. The number of fused-ring (bicyclic) bond motifs is 1. The highest BCUT2D eigenvalue weighted by Gasteiger charge is 2.21. The second-order valence-corrected chi connectivity index (χ2v) is 9.34. The molecule has 0 saturated heterocycles. The molecule has 0 atom stereocenters. The smallest absolute Gasteiger partial charge is 0.252 e. The summed E-state index contributed by atoms with van der Waals surface area (Å²) in [4.78, 5) is 26.3. The van der Waals surface area contributed by atoms with Crippen molar-refractivity contribution >= 4 is 34.2 Å². The van der Waals surface area contributed by atoms with Gasteiger partial charge in [0.05, 0.1) is 5.69 Å². The van der Waals surface area contributed by atoms with E-state index >= 15 is 0 Å². The number of para-hydroxylation sites is 1. The van der Waals surface area contributed by atoms with Crippen molar-refractivity contribution < 1.29 is 4.79 Å². The summed E-state index contributed by atoms with van der Waals surface area (Å²) >= 11 is 6.22. The molecule has 5 rings (SSSR count). The SMILES string of the molecule is Cc1cccc(-c2nn(-c3ccccc3)c3c2c(C)cc(=O)n3CC(=O)Nc2ccc(C)c(Cl)c2)c1. The van der Waals surface area contributed by atoms with Crippen molar-refractivity contribution in [3.63, 3.8) is 0 Å². The summed E-state index contributed by atoms with van der Waals surface area (Å²) in [5.41, 5.74) is 6.20. The molecule has 2 heterocycles. The van der Waals surface area contributed by atoms with Crippen LogP contribution in [0.5, 0.6) is 0 Å². The van der Waals surface area contributed by atoms with Gasteiger partial charge in [-0.25, -0.2) is 4.68 Å². The molecule has 0 unspecified atom stereocenters. The molecule has 6 nitrogen and oxygen atoms in total. The molecule has 180 valence electrons. The van der Waals surface area contributed by atoms with E-state index in [4.69, 9.17) is 16.7 Å². The van der Waals surface area contributed by atoms with E-state index in [1.807, 2.05) is 75.4 Å². The molecule has 0 radical (unpaired) electrons.